The topological polar surface area (TPSA) is 111 Å². The fourth-order valence-corrected chi connectivity index (χ4v) is 1.90. The van der Waals surface area contributed by atoms with Crippen molar-refractivity contribution in [2.24, 2.45) is 0 Å². The lowest BCUT2D eigenvalue weighted by molar-refractivity contribution is -0.394. The molecule has 0 amide bonds. The molecule has 0 spiro atoms. The Morgan fingerprint density at radius 1 is 1.20 bits per heavy atom. The van der Waals surface area contributed by atoms with E-state index in [1.807, 2.05) is 5.01 Å². The first kappa shape index (κ1) is 14.3. The quantitative estimate of drug-likeness (QED) is 0.629. The van der Waals surface area contributed by atoms with E-state index in [4.69, 9.17) is 4.74 Å². The zero-order valence-corrected chi connectivity index (χ0v) is 10.7. The predicted octanol–water partition coefficient (Wildman–Crippen LogP) is 0.840. The minimum atomic E-state index is -0.647. The molecule has 1 aliphatic rings. The van der Waals surface area contributed by atoms with Gasteiger partial charge in [-0.3, -0.25) is 25.7 Å². The smallest absolute Gasteiger partial charge is 0.280 e. The number of hydrogen-bond acceptors (Lipinski definition) is 7. The molecule has 1 heterocycles. The summed E-state index contributed by atoms with van der Waals surface area (Å²) in [4.78, 5) is 20.4. The third-order valence-electron chi connectivity index (χ3n) is 2.98. The molecule has 108 valence electrons. The van der Waals surface area contributed by atoms with E-state index in [2.05, 4.69) is 5.43 Å². The number of nitrogens with zero attached hydrogens (tertiary/aromatic N) is 3. The van der Waals surface area contributed by atoms with Crippen LogP contribution in [0.1, 0.15) is 5.56 Å². The zero-order chi connectivity index (χ0) is 14.5. The average Bonchev–Trinajstić information content (AvgIpc) is 2.45. The van der Waals surface area contributed by atoms with Gasteiger partial charge in [-0.15, -0.1) is 0 Å². The van der Waals surface area contributed by atoms with Crippen molar-refractivity contribution in [3.8, 4) is 0 Å². The Morgan fingerprint density at radius 2 is 1.90 bits per heavy atom. The summed E-state index contributed by atoms with van der Waals surface area (Å²) in [6.07, 6.45) is 0. The van der Waals surface area contributed by atoms with Crippen LogP contribution in [0.5, 0.6) is 0 Å². The fraction of sp³-hybridized carbons (Fsp3) is 0.455. The lowest BCUT2D eigenvalue weighted by Crippen LogP contribution is -2.45. The van der Waals surface area contributed by atoms with Gasteiger partial charge in [-0.2, -0.15) is 0 Å². The molecule has 0 unspecified atom stereocenters. The van der Waals surface area contributed by atoms with Crippen molar-refractivity contribution >= 4 is 11.4 Å². The Hall–Kier alpha value is -2.10. The number of hydrazine groups is 1. The second-order valence-electron chi connectivity index (χ2n) is 4.26. The molecule has 0 bridgehead atoms. The van der Waals surface area contributed by atoms with Gasteiger partial charge < -0.3 is 4.74 Å². The summed E-state index contributed by atoms with van der Waals surface area (Å²) in [7, 11) is 0. The largest absolute Gasteiger partial charge is 0.379 e. The first-order valence-electron chi connectivity index (χ1n) is 6.06. The number of rotatable bonds is 5. The molecule has 0 radical (unpaired) electrons. The molecule has 0 aromatic heterocycles. The lowest BCUT2D eigenvalue weighted by Gasteiger charge is -2.27. The first-order chi connectivity index (χ1) is 9.58. The molecule has 1 aromatic carbocycles. The van der Waals surface area contributed by atoms with Crippen LogP contribution in [0.4, 0.5) is 11.4 Å². The molecule has 2 rings (SSSR count). The Balaban J connectivity index is 2.09. The number of nitrogens with one attached hydrogen (secondary N) is 1. The number of non-ortho nitro benzene ring substituents is 1. The maximum absolute atomic E-state index is 11.0. The minimum Gasteiger partial charge on any atom is -0.379 e. The highest BCUT2D eigenvalue weighted by atomic mass is 16.6. The Kier molecular flexibility index (Phi) is 4.56. The molecule has 1 N–H and O–H groups in total. The maximum atomic E-state index is 11.0. The van der Waals surface area contributed by atoms with Crippen LogP contribution in [0.3, 0.4) is 0 Å². The molecule has 0 aliphatic carbocycles. The molecule has 0 atom stereocenters. The van der Waals surface area contributed by atoms with Gasteiger partial charge in [-0.05, 0) is 6.07 Å². The average molecular weight is 282 g/mol. The van der Waals surface area contributed by atoms with E-state index in [0.717, 1.165) is 6.07 Å². The van der Waals surface area contributed by atoms with Crippen molar-refractivity contribution in [3.05, 3.63) is 44.0 Å². The molecular formula is C11H14N4O5. The van der Waals surface area contributed by atoms with Crippen molar-refractivity contribution < 1.29 is 14.6 Å². The second kappa shape index (κ2) is 6.37. The van der Waals surface area contributed by atoms with E-state index in [1.165, 1.54) is 12.1 Å². The number of ether oxygens (including phenoxy) is 1. The van der Waals surface area contributed by atoms with Gasteiger partial charge in [0.05, 0.1) is 29.1 Å². The molecule has 20 heavy (non-hydrogen) atoms. The van der Waals surface area contributed by atoms with E-state index in [1.54, 1.807) is 0 Å². The van der Waals surface area contributed by atoms with Crippen LogP contribution >= 0.6 is 0 Å². The van der Waals surface area contributed by atoms with Crippen LogP contribution in [-0.2, 0) is 11.3 Å². The molecule has 1 aliphatic heterocycles. The van der Waals surface area contributed by atoms with Crippen molar-refractivity contribution in [2.45, 2.75) is 6.54 Å². The minimum absolute atomic E-state index is 0.244. The summed E-state index contributed by atoms with van der Waals surface area (Å²) in [5.74, 6) is 0. The van der Waals surface area contributed by atoms with Crippen molar-refractivity contribution in [2.75, 3.05) is 26.3 Å². The fourth-order valence-electron chi connectivity index (χ4n) is 1.90. The van der Waals surface area contributed by atoms with Gasteiger partial charge in [0.15, 0.2) is 0 Å². The number of nitro benzene ring substituents is 2. The van der Waals surface area contributed by atoms with Crippen LogP contribution in [0.15, 0.2) is 18.2 Å². The molecule has 0 saturated carbocycles. The van der Waals surface area contributed by atoms with E-state index >= 15 is 0 Å². The number of morpholine rings is 1. The number of hydrogen-bond donors (Lipinski definition) is 1. The first-order valence-corrected chi connectivity index (χ1v) is 6.06. The van der Waals surface area contributed by atoms with E-state index in [9.17, 15) is 20.2 Å². The number of nitro groups is 2. The van der Waals surface area contributed by atoms with Gasteiger partial charge in [0.2, 0.25) is 0 Å². The molecular weight excluding hydrogens is 268 g/mol. The Morgan fingerprint density at radius 3 is 2.50 bits per heavy atom. The summed E-state index contributed by atoms with van der Waals surface area (Å²) >= 11 is 0. The molecule has 1 fully saturated rings. The molecule has 1 saturated heterocycles. The van der Waals surface area contributed by atoms with Crippen LogP contribution in [0.25, 0.3) is 0 Å². The monoisotopic (exact) mass is 282 g/mol. The van der Waals surface area contributed by atoms with Gasteiger partial charge in [-0.1, -0.05) is 0 Å². The van der Waals surface area contributed by atoms with Crippen LogP contribution in [0, 0.1) is 20.2 Å². The standard InChI is InChI=1S/C11H14N4O5/c16-14(17)10-2-1-9(11(7-10)15(18)19)8-12-13-3-5-20-6-4-13/h1-2,7,12H,3-6,8H2. The highest BCUT2D eigenvalue weighted by Crippen LogP contribution is 2.24. The summed E-state index contributed by atoms with van der Waals surface area (Å²) in [5.41, 5.74) is 2.93. The maximum Gasteiger partial charge on any atom is 0.280 e. The van der Waals surface area contributed by atoms with Crippen LogP contribution in [0.2, 0.25) is 0 Å². The predicted molar refractivity (Wildman–Crippen MR) is 69.0 cm³/mol. The highest BCUT2D eigenvalue weighted by Gasteiger charge is 2.20. The van der Waals surface area contributed by atoms with Crippen LogP contribution < -0.4 is 5.43 Å². The Bertz CT molecular complexity index is 516. The van der Waals surface area contributed by atoms with Crippen molar-refractivity contribution in [1.29, 1.82) is 0 Å². The molecule has 9 nitrogen and oxygen atoms in total. The van der Waals surface area contributed by atoms with Crippen molar-refractivity contribution in [3.63, 3.8) is 0 Å². The van der Waals surface area contributed by atoms with Crippen molar-refractivity contribution in [1.82, 2.24) is 10.4 Å². The molecule has 9 heteroatoms. The van der Waals surface area contributed by atoms with E-state index < -0.39 is 9.85 Å². The lowest BCUT2D eigenvalue weighted by atomic mass is 10.1. The summed E-state index contributed by atoms with van der Waals surface area (Å²) in [5, 5.41) is 23.5. The van der Waals surface area contributed by atoms with Gasteiger partial charge in [-0.25, -0.2) is 5.01 Å². The molecule has 1 aromatic rings. The second-order valence-corrected chi connectivity index (χ2v) is 4.26. The Labute approximate surface area is 114 Å². The normalized spacial score (nSPS) is 16.0. The summed E-state index contributed by atoms with van der Waals surface area (Å²) < 4.78 is 5.19. The summed E-state index contributed by atoms with van der Waals surface area (Å²) in [6.45, 7) is 2.85. The van der Waals surface area contributed by atoms with Gasteiger partial charge in [0, 0.05) is 31.3 Å². The van der Waals surface area contributed by atoms with Gasteiger partial charge >= 0.3 is 0 Å². The van der Waals surface area contributed by atoms with Crippen LogP contribution in [-0.4, -0.2) is 41.2 Å². The number of benzene rings is 1. The zero-order valence-electron chi connectivity index (χ0n) is 10.7. The van der Waals surface area contributed by atoms with E-state index in [-0.39, 0.29) is 17.9 Å². The third kappa shape index (κ3) is 3.47. The van der Waals surface area contributed by atoms with Gasteiger partial charge in [0.25, 0.3) is 11.4 Å². The highest BCUT2D eigenvalue weighted by molar-refractivity contribution is 5.49. The SMILES string of the molecule is O=[N+]([O-])c1ccc(CNN2CCOCC2)c([N+](=O)[O-])c1. The van der Waals surface area contributed by atoms with Gasteiger partial charge in [0.1, 0.15) is 0 Å². The third-order valence-corrected chi connectivity index (χ3v) is 2.98. The summed E-state index contributed by atoms with van der Waals surface area (Å²) in [6, 6.07) is 3.66. The van der Waals surface area contributed by atoms with E-state index in [0.29, 0.717) is 31.9 Å².